The van der Waals surface area contributed by atoms with E-state index in [-0.39, 0.29) is 6.10 Å². The van der Waals surface area contributed by atoms with Crippen molar-refractivity contribution in [1.29, 1.82) is 0 Å². The van der Waals surface area contributed by atoms with Gasteiger partial charge in [-0.2, -0.15) is 0 Å². The van der Waals surface area contributed by atoms with Gasteiger partial charge in [0.15, 0.2) is 0 Å². The average Bonchev–Trinajstić information content (AvgIpc) is 2.75. The fraction of sp³-hybridized carbons (Fsp3) is 0.571. The summed E-state index contributed by atoms with van der Waals surface area (Å²) in [4.78, 5) is 14.3. The lowest BCUT2D eigenvalue weighted by atomic mass is 9.62. The molecule has 5 heteroatoms. The number of fused-ring (bicyclic) bond motifs is 1. The number of aromatic amines is 1. The smallest absolute Gasteiger partial charge is 0.143 e. The Bertz CT molecular complexity index is 621. The van der Waals surface area contributed by atoms with Crippen LogP contribution < -0.4 is 4.90 Å². The molecule has 1 saturated heterocycles. The van der Waals surface area contributed by atoms with Crippen molar-refractivity contribution in [2.24, 2.45) is 5.41 Å². The number of aromatic nitrogens is 3. The summed E-state index contributed by atoms with van der Waals surface area (Å²) in [5.41, 5.74) is 2.57. The van der Waals surface area contributed by atoms with Crippen molar-refractivity contribution < 1.29 is 5.11 Å². The van der Waals surface area contributed by atoms with Crippen LogP contribution >= 0.6 is 0 Å². The highest BCUT2D eigenvalue weighted by atomic mass is 16.3. The Morgan fingerprint density at radius 1 is 1.42 bits per heavy atom. The highest BCUT2D eigenvalue weighted by molar-refractivity contribution is 5.91. The van der Waals surface area contributed by atoms with Gasteiger partial charge in [0, 0.05) is 24.7 Å². The highest BCUT2D eigenvalue weighted by Crippen LogP contribution is 2.50. The lowest BCUT2D eigenvalue weighted by Gasteiger charge is -2.58. The third-order valence-electron chi connectivity index (χ3n) is 4.60. The second-order valence-electron chi connectivity index (χ2n) is 6.01. The maximum absolute atomic E-state index is 9.48. The minimum Gasteiger partial charge on any atom is -0.393 e. The van der Waals surface area contributed by atoms with E-state index in [2.05, 4.69) is 26.8 Å². The van der Waals surface area contributed by atoms with E-state index in [1.165, 1.54) is 10.9 Å². The zero-order valence-electron chi connectivity index (χ0n) is 11.1. The molecule has 4 rings (SSSR count). The first-order valence-electron chi connectivity index (χ1n) is 6.95. The predicted molar refractivity (Wildman–Crippen MR) is 73.2 cm³/mol. The van der Waals surface area contributed by atoms with Crippen molar-refractivity contribution >= 4 is 16.9 Å². The van der Waals surface area contributed by atoms with E-state index < -0.39 is 0 Å². The molecule has 100 valence electrons. The van der Waals surface area contributed by atoms with Gasteiger partial charge in [-0.15, -0.1) is 0 Å². The Kier molecular flexibility index (Phi) is 2.18. The summed E-state index contributed by atoms with van der Waals surface area (Å²) in [6, 6.07) is 0. The van der Waals surface area contributed by atoms with Crippen LogP contribution in [0.1, 0.15) is 25.3 Å². The minimum atomic E-state index is -0.0778. The van der Waals surface area contributed by atoms with Gasteiger partial charge in [0.25, 0.3) is 0 Å². The van der Waals surface area contributed by atoms with Gasteiger partial charge in [0.05, 0.1) is 11.5 Å². The van der Waals surface area contributed by atoms with E-state index in [0.717, 1.165) is 43.8 Å². The van der Waals surface area contributed by atoms with Crippen LogP contribution in [0.25, 0.3) is 11.0 Å². The van der Waals surface area contributed by atoms with Gasteiger partial charge in [-0.1, -0.05) is 6.92 Å². The number of H-pyrrole nitrogens is 1. The van der Waals surface area contributed by atoms with Crippen molar-refractivity contribution in [2.45, 2.75) is 32.3 Å². The lowest BCUT2D eigenvalue weighted by Crippen LogP contribution is -2.64. The SMILES string of the molecule is CCc1c[nH]c2ncnc(N3CC4(CC(O)C4)C3)c12. The first kappa shape index (κ1) is 11.2. The average molecular weight is 258 g/mol. The fourth-order valence-corrected chi connectivity index (χ4v) is 3.64. The van der Waals surface area contributed by atoms with Crippen LogP contribution in [0.5, 0.6) is 0 Å². The largest absolute Gasteiger partial charge is 0.393 e. The van der Waals surface area contributed by atoms with Crippen molar-refractivity contribution in [3.63, 3.8) is 0 Å². The van der Waals surface area contributed by atoms with Crippen LogP contribution in [0.3, 0.4) is 0 Å². The highest BCUT2D eigenvalue weighted by Gasteiger charge is 2.52. The van der Waals surface area contributed by atoms with Gasteiger partial charge >= 0.3 is 0 Å². The van der Waals surface area contributed by atoms with Crippen LogP contribution in [0.15, 0.2) is 12.5 Å². The van der Waals surface area contributed by atoms with E-state index in [1.807, 2.05) is 6.20 Å². The molecular formula is C14H18N4O. The molecule has 0 radical (unpaired) electrons. The molecule has 0 bridgehead atoms. The van der Waals surface area contributed by atoms with E-state index in [1.54, 1.807) is 6.33 Å². The molecule has 0 unspecified atom stereocenters. The van der Waals surface area contributed by atoms with E-state index in [0.29, 0.717) is 5.41 Å². The molecule has 2 fully saturated rings. The molecular weight excluding hydrogens is 240 g/mol. The minimum absolute atomic E-state index is 0.0778. The summed E-state index contributed by atoms with van der Waals surface area (Å²) in [6.07, 6.45) is 6.47. The molecule has 1 saturated carbocycles. The van der Waals surface area contributed by atoms with Crippen molar-refractivity contribution in [3.05, 3.63) is 18.1 Å². The Labute approximate surface area is 111 Å². The molecule has 0 amide bonds. The molecule has 1 spiro atoms. The number of hydrogen-bond acceptors (Lipinski definition) is 4. The van der Waals surface area contributed by atoms with Gasteiger partial charge < -0.3 is 15.0 Å². The summed E-state index contributed by atoms with van der Waals surface area (Å²) in [5.74, 6) is 1.05. The van der Waals surface area contributed by atoms with E-state index in [9.17, 15) is 5.11 Å². The molecule has 3 heterocycles. The zero-order chi connectivity index (χ0) is 13.0. The van der Waals surface area contributed by atoms with Crippen molar-refractivity contribution in [3.8, 4) is 0 Å². The number of rotatable bonds is 2. The van der Waals surface area contributed by atoms with Crippen LogP contribution in [-0.2, 0) is 6.42 Å². The predicted octanol–water partition coefficient (Wildman–Crippen LogP) is 1.48. The third-order valence-corrected chi connectivity index (χ3v) is 4.60. The second kappa shape index (κ2) is 3.70. The molecule has 1 aliphatic carbocycles. The summed E-state index contributed by atoms with van der Waals surface area (Å²) >= 11 is 0. The number of aliphatic hydroxyl groups excluding tert-OH is 1. The number of aliphatic hydroxyl groups is 1. The normalized spacial score (nSPS) is 21.7. The quantitative estimate of drug-likeness (QED) is 0.856. The van der Waals surface area contributed by atoms with Crippen LogP contribution in [-0.4, -0.2) is 39.3 Å². The second-order valence-corrected chi connectivity index (χ2v) is 6.01. The summed E-state index contributed by atoms with van der Waals surface area (Å²) < 4.78 is 0. The molecule has 2 aromatic heterocycles. The van der Waals surface area contributed by atoms with Gasteiger partial charge in [-0.3, -0.25) is 0 Å². The van der Waals surface area contributed by atoms with E-state index in [4.69, 9.17) is 0 Å². The van der Waals surface area contributed by atoms with Crippen LogP contribution in [0.4, 0.5) is 5.82 Å². The van der Waals surface area contributed by atoms with Gasteiger partial charge in [0.1, 0.15) is 17.8 Å². The zero-order valence-corrected chi connectivity index (χ0v) is 11.1. The summed E-state index contributed by atoms with van der Waals surface area (Å²) in [5, 5.41) is 10.6. The third kappa shape index (κ3) is 1.51. The first-order valence-corrected chi connectivity index (χ1v) is 6.95. The monoisotopic (exact) mass is 258 g/mol. The Morgan fingerprint density at radius 2 is 2.21 bits per heavy atom. The maximum atomic E-state index is 9.48. The number of nitrogens with zero attached hydrogens (tertiary/aromatic N) is 3. The van der Waals surface area contributed by atoms with Crippen molar-refractivity contribution in [1.82, 2.24) is 15.0 Å². The molecule has 19 heavy (non-hydrogen) atoms. The van der Waals surface area contributed by atoms with Crippen molar-refractivity contribution in [2.75, 3.05) is 18.0 Å². The number of aryl methyl sites for hydroxylation is 1. The molecule has 0 atom stereocenters. The topological polar surface area (TPSA) is 65.0 Å². The molecule has 2 aromatic rings. The molecule has 2 N–H and O–H groups in total. The maximum Gasteiger partial charge on any atom is 0.143 e. The van der Waals surface area contributed by atoms with Crippen LogP contribution in [0, 0.1) is 5.41 Å². The van der Waals surface area contributed by atoms with Gasteiger partial charge in [0.2, 0.25) is 0 Å². The molecule has 5 nitrogen and oxygen atoms in total. The molecule has 2 aliphatic rings. The summed E-state index contributed by atoms with van der Waals surface area (Å²) in [7, 11) is 0. The van der Waals surface area contributed by atoms with Gasteiger partial charge in [-0.05, 0) is 24.8 Å². The molecule has 0 aromatic carbocycles. The Hall–Kier alpha value is -1.62. The summed E-state index contributed by atoms with van der Waals surface area (Å²) in [6.45, 7) is 4.19. The molecule has 1 aliphatic heterocycles. The van der Waals surface area contributed by atoms with E-state index >= 15 is 0 Å². The number of nitrogens with one attached hydrogen (secondary N) is 1. The standard InChI is InChI=1S/C14H18N4O/c1-2-9-5-15-12-11(9)13(17-8-16-12)18-6-14(7-18)3-10(19)4-14/h5,8,10,19H,2-4,6-7H2,1H3,(H,15,16,17). The Morgan fingerprint density at radius 3 is 2.89 bits per heavy atom. The first-order chi connectivity index (χ1) is 9.21. The number of anilines is 1. The Balaban J connectivity index is 1.67. The van der Waals surface area contributed by atoms with Crippen LogP contribution in [0.2, 0.25) is 0 Å². The number of hydrogen-bond donors (Lipinski definition) is 2. The van der Waals surface area contributed by atoms with Gasteiger partial charge in [-0.25, -0.2) is 9.97 Å². The lowest BCUT2D eigenvalue weighted by molar-refractivity contribution is -0.0493. The fourth-order valence-electron chi connectivity index (χ4n) is 3.64.